The standard InChI is InChI=1S/C10H20N4/c1-14-9-8-13-10(14)12-7-5-3-2-4-6-11/h8-9H,2-7,11H2,1H3,(H,12,13). The van der Waals surface area contributed by atoms with Crippen LogP contribution in [0.15, 0.2) is 12.4 Å². The molecule has 0 aliphatic carbocycles. The Balaban J connectivity index is 2.02. The summed E-state index contributed by atoms with van der Waals surface area (Å²) in [4.78, 5) is 4.18. The van der Waals surface area contributed by atoms with E-state index in [1.807, 2.05) is 17.8 Å². The number of nitrogens with zero attached hydrogens (tertiary/aromatic N) is 2. The predicted octanol–water partition coefficient (Wildman–Crippen LogP) is 1.35. The van der Waals surface area contributed by atoms with Gasteiger partial charge >= 0.3 is 0 Å². The first-order valence-corrected chi connectivity index (χ1v) is 5.26. The molecule has 1 rings (SSSR count). The van der Waals surface area contributed by atoms with Crippen molar-refractivity contribution in [3.8, 4) is 0 Å². The minimum Gasteiger partial charge on any atom is -0.356 e. The van der Waals surface area contributed by atoms with Crippen LogP contribution in [0.1, 0.15) is 25.7 Å². The third-order valence-electron chi connectivity index (χ3n) is 2.24. The minimum absolute atomic E-state index is 0.812. The Morgan fingerprint density at radius 2 is 2.14 bits per heavy atom. The first-order valence-electron chi connectivity index (χ1n) is 5.26. The lowest BCUT2D eigenvalue weighted by Gasteiger charge is -2.05. The molecule has 0 saturated heterocycles. The van der Waals surface area contributed by atoms with E-state index >= 15 is 0 Å². The highest BCUT2D eigenvalue weighted by molar-refractivity contribution is 5.24. The molecule has 0 spiro atoms. The molecule has 0 aliphatic rings. The Morgan fingerprint density at radius 3 is 2.79 bits per heavy atom. The van der Waals surface area contributed by atoms with E-state index in [-0.39, 0.29) is 0 Å². The van der Waals surface area contributed by atoms with E-state index < -0.39 is 0 Å². The van der Waals surface area contributed by atoms with Crippen LogP contribution in [0.2, 0.25) is 0 Å². The van der Waals surface area contributed by atoms with E-state index in [1.54, 1.807) is 6.20 Å². The SMILES string of the molecule is Cn1ccnc1NCCCCCCN. The minimum atomic E-state index is 0.812. The van der Waals surface area contributed by atoms with Crippen molar-refractivity contribution in [1.82, 2.24) is 9.55 Å². The highest BCUT2D eigenvalue weighted by atomic mass is 15.2. The van der Waals surface area contributed by atoms with Crippen molar-refractivity contribution >= 4 is 5.95 Å². The Bertz CT molecular complexity index is 244. The summed E-state index contributed by atoms with van der Waals surface area (Å²) in [5.41, 5.74) is 5.41. The van der Waals surface area contributed by atoms with Gasteiger partial charge in [-0.1, -0.05) is 12.8 Å². The van der Waals surface area contributed by atoms with Gasteiger partial charge in [0, 0.05) is 26.0 Å². The number of hydrogen-bond donors (Lipinski definition) is 2. The van der Waals surface area contributed by atoms with Crippen LogP contribution in [-0.4, -0.2) is 22.6 Å². The summed E-state index contributed by atoms with van der Waals surface area (Å²) in [6.07, 6.45) is 8.55. The van der Waals surface area contributed by atoms with Gasteiger partial charge in [0.2, 0.25) is 5.95 Å². The van der Waals surface area contributed by atoms with Crippen molar-refractivity contribution in [1.29, 1.82) is 0 Å². The summed E-state index contributed by atoms with van der Waals surface area (Å²) in [7, 11) is 1.99. The Labute approximate surface area is 85.5 Å². The molecule has 1 aromatic heterocycles. The first kappa shape index (κ1) is 11.0. The van der Waals surface area contributed by atoms with Crippen LogP contribution in [0, 0.1) is 0 Å². The Hall–Kier alpha value is -1.03. The number of imidazole rings is 1. The predicted molar refractivity (Wildman–Crippen MR) is 59.2 cm³/mol. The molecule has 0 saturated carbocycles. The second-order valence-electron chi connectivity index (χ2n) is 3.49. The lowest BCUT2D eigenvalue weighted by atomic mass is 10.2. The zero-order valence-corrected chi connectivity index (χ0v) is 8.87. The fourth-order valence-corrected chi connectivity index (χ4v) is 1.36. The Kier molecular flexibility index (Phi) is 5.07. The number of rotatable bonds is 7. The molecule has 0 aliphatic heterocycles. The molecule has 0 fully saturated rings. The molecule has 4 heteroatoms. The number of aromatic nitrogens is 2. The maximum Gasteiger partial charge on any atom is 0.202 e. The van der Waals surface area contributed by atoms with Crippen molar-refractivity contribution in [3.63, 3.8) is 0 Å². The lowest BCUT2D eigenvalue weighted by molar-refractivity contribution is 0.659. The second kappa shape index (κ2) is 6.43. The average Bonchev–Trinajstić information content (AvgIpc) is 2.58. The maximum atomic E-state index is 5.41. The zero-order chi connectivity index (χ0) is 10.2. The van der Waals surface area contributed by atoms with Gasteiger partial charge in [-0.05, 0) is 19.4 Å². The van der Waals surface area contributed by atoms with Gasteiger partial charge in [0.05, 0.1) is 0 Å². The number of anilines is 1. The molecule has 1 aromatic rings. The summed E-state index contributed by atoms with van der Waals surface area (Å²) >= 11 is 0. The topological polar surface area (TPSA) is 55.9 Å². The largest absolute Gasteiger partial charge is 0.356 e. The van der Waals surface area contributed by atoms with Crippen molar-refractivity contribution in [2.75, 3.05) is 18.4 Å². The van der Waals surface area contributed by atoms with Crippen LogP contribution in [0.4, 0.5) is 5.95 Å². The summed E-state index contributed by atoms with van der Waals surface area (Å²) in [5.74, 6) is 0.948. The van der Waals surface area contributed by atoms with Gasteiger partial charge in [0.25, 0.3) is 0 Å². The molecule has 0 atom stereocenters. The van der Waals surface area contributed by atoms with E-state index in [4.69, 9.17) is 5.73 Å². The summed E-state index contributed by atoms with van der Waals surface area (Å²) in [6.45, 7) is 1.81. The zero-order valence-electron chi connectivity index (χ0n) is 8.87. The quantitative estimate of drug-likeness (QED) is 0.647. The van der Waals surface area contributed by atoms with Gasteiger partial charge in [0.15, 0.2) is 0 Å². The van der Waals surface area contributed by atoms with Gasteiger partial charge in [0.1, 0.15) is 0 Å². The number of unbranched alkanes of at least 4 members (excludes halogenated alkanes) is 3. The van der Waals surface area contributed by atoms with E-state index in [1.165, 1.54) is 19.3 Å². The molecule has 4 nitrogen and oxygen atoms in total. The molecule has 0 radical (unpaired) electrons. The fourth-order valence-electron chi connectivity index (χ4n) is 1.36. The highest BCUT2D eigenvalue weighted by Gasteiger charge is 1.96. The second-order valence-corrected chi connectivity index (χ2v) is 3.49. The van der Waals surface area contributed by atoms with Crippen LogP contribution in [0.25, 0.3) is 0 Å². The number of nitrogens with one attached hydrogen (secondary N) is 1. The Morgan fingerprint density at radius 1 is 1.36 bits per heavy atom. The van der Waals surface area contributed by atoms with Gasteiger partial charge < -0.3 is 15.6 Å². The molecule has 1 heterocycles. The fraction of sp³-hybridized carbons (Fsp3) is 0.700. The highest BCUT2D eigenvalue weighted by Crippen LogP contribution is 2.03. The molecule has 14 heavy (non-hydrogen) atoms. The summed E-state index contributed by atoms with van der Waals surface area (Å²) < 4.78 is 1.99. The van der Waals surface area contributed by atoms with Crippen molar-refractivity contribution in [2.45, 2.75) is 25.7 Å². The molecular formula is C10H20N4. The van der Waals surface area contributed by atoms with Crippen LogP contribution in [-0.2, 0) is 7.05 Å². The van der Waals surface area contributed by atoms with Crippen LogP contribution in [0.5, 0.6) is 0 Å². The molecular weight excluding hydrogens is 176 g/mol. The van der Waals surface area contributed by atoms with Crippen LogP contribution < -0.4 is 11.1 Å². The average molecular weight is 196 g/mol. The van der Waals surface area contributed by atoms with E-state index in [0.29, 0.717) is 0 Å². The molecule has 0 amide bonds. The molecule has 0 bridgehead atoms. The third kappa shape index (κ3) is 3.79. The molecule has 80 valence electrons. The smallest absolute Gasteiger partial charge is 0.202 e. The lowest BCUT2D eigenvalue weighted by Crippen LogP contribution is -2.06. The molecule has 3 N–H and O–H groups in total. The third-order valence-corrected chi connectivity index (χ3v) is 2.24. The van der Waals surface area contributed by atoms with Crippen LogP contribution in [0.3, 0.4) is 0 Å². The molecule has 0 unspecified atom stereocenters. The van der Waals surface area contributed by atoms with Gasteiger partial charge in [-0.3, -0.25) is 0 Å². The number of aryl methyl sites for hydroxylation is 1. The van der Waals surface area contributed by atoms with Gasteiger partial charge in [-0.2, -0.15) is 0 Å². The van der Waals surface area contributed by atoms with E-state index in [2.05, 4.69) is 10.3 Å². The normalized spacial score (nSPS) is 10.4. The number of nitrogens with two attached hydrogens (primary N) is 1. The first-order chi connectivity index (χ1) is 6.84. The van der Waals surface area contributed by atoms with Crippen molar-refractivity contribution in [3.05, 3.63) is 12.4 Å². The number of hydrogen-bond acceptors (Lipinski definition) is 3. The van der Waals surface area contributed by atoms with E-state index in [0.717, 1.165) is 25.5 Å². The van der Waals surface area contributed by atoms with E-state index in [9.17, 15) is 0 Å². The van der Waals surface area contributed by atoms with Crippen LogP contribution >= 0.6 is 0 Å². The van der Waals surface area contributed by atoms with Gasteiger partial charge in [-0.15, -0.1) is 0 Å². The van der Waals surface area contributed by atoms with Crippen molar-refractivity contribution in [2.24, 2.45) is 12.8 Å². The maximum absolute atomic E-state index is 5.41. The monoisotopic (exact) mass is 196 g/mol. The molecule has 0 aromatic carbocycles. The summed E-state index contributed by atoms with van der Waals surface area (Å²) in [5, 5.41) is 3.29. The van der Waals surface area contributed by atoms with Crippen molar-refractivity contribution < 1.29 is 0 Å². The summed E-state index contributed by atoms with van der Waals surface area (Å²) in [6, 6.07) is 0. The van der Waals surface area contributed by atoms with Gasteiger partial charge in [-0.25, -0.2) is 4.98 Å².